The number of fused-ring (bicyclic) bond motifs is 13. The molecule has 5 aromatic heterocycles. The maximum absolute atomic E-state index is 5.14. The van der Waals surface area contributed by atoms with E-state index in [4.69, 9.17) is 15.0 Å². The molecule has 0 spiro atoms. The number of pyridine rings is 1. The summed E-state index contributed by atoms with van der Waals surface area (Å²) >= 11 is 3.69. The van der Waals surface area contributed by atoms with E-state index >= 15 is 0 Å². The Labute approximate surface area is 288 Å². The van der Waals surface area contributed by atoms with Crippen molar-refractivity contribution in [3.05, 3.63) is 146 Å². The van der Waals surface area contributed by atoms with Crippen molar-refractivity contribution >= 4 is 95.9 Å². The number of hydrogen-bond acceptors (Lipinski definition) is 5. The molecule has 0 saturated carbocycles. The number of para-hydroxylation sites is 2. The van der Waals surface area contributed by atoms with Gasteiger partial charge in [0.2, 0.25) is 0 Å². The molecule has 0 aliphatic carbocycles. The number of rotatable bonds is 3. The summed E-state index contributed by atoms with van der Waals surface area (Å²) in [5.74, 6) is 0.719. The van der Waals surface area contributed by atoms with Gasteiger partial charge in [0.15, 0.2) is 5.82 Å². The van der Waals surface area contributed by atoms with Crippen LogP contribution in [-0.2, 0) is 0 Å². The molecule has 49 heavy (non-hydrogen) atoms. The predicted molar refractivity (Wildman–Crippen MR) is 208 cm³/mol. The highest BCUT2D eigenvalue weighted by atomic mass is 32.1. The smallest absolute Gasteiger partial charge is 0.160 e. The first-order valence-corrected chi connectivity index (χ1v) is 17.9. The summed E-state index contributed by atoms with van der Waals surface area (Å²) in [5, 5.41) is 8.73. The van der Waals surface area contributed by atoms with E-state index in [1.807, 2.05) is 29.7 Å². The number of thiophene rings is 2. The molecule has 0 unspecified atom stereocenters. The van der Waals surface area contributed by atoms with E-state index < -0.39 is 0 Å². The fourth-order valence-corrected chi connectivity index (χ4v) is 10.1. The van der Waals surface area contributed by atoms with Gasteiger partial charge in [0, 0.05) is 74.8 Å². The number of benzene rings is 6. The molecule has 0 aliphatic heterocycles. The summed E-state index contributed by atoms with van der Waals surface area (Å²) in [6, 6.07) is 49.4. The standard InChI is InChI=1S/C43H24N4S2/c1-2-11-25(12-3-1)38-28-13-4-7-17-32(28)45-42(46-38)26-20-22-27(23-21-26)47-33-18-8-5-14-29(33)35-39(47)36-30-15-6-9-19-34(30)48-40(36)37-31-16-10-24-44-43(31)49-41(35)37/h1-24H. The molecule has 0 aliphatic rings. The van der Waals surface area contributed by atoms with Crippen molar-refractivity contribution in [2.75, 3.05) is 0 Å². The second-order valence-electron chi connectivity index (χ2n) is 12.4. The van der Waals surface area contributed by atoms with Crippen molar-refractivity contribution in [2.45, 2.75) is 0 Å². The third-order valence-electron chi connectivity index (χ3n) is 9.66. The van der Waals surface area contributed by atoms with Crippen LogP contribution in [0.15, 0.2) is 146 Å². The number of nitrogens with zero attached hydrogens (tertiary/aromatic N) is 4. The lowest BCUT2D eigenvalue weighted by Gasteiger charge is -2.12. The summed E-state index contributed by atoms with van der Waals surface area (Å²) in [5.41, 5.74) is 7.49. The van der Waals surface area contributed by atoms with Crippen LogP contribution in [0.25, 0.3) is 102 Å². The molecule has 0 amide bonds. The molecule has 6 aromatic carbocycles. The van der Waals surface area contributed by atoms with Crippen LogP contribution in [0, 0.1) is 0 Å². The maximum atomic E-state index is 5.14. The van der Waals surface area contributed by atoms with Crippen LogP contribution in [-0.4, -0.2) is 19.5 Å². The molecular weight excluding hydrogens is 637 g/mol. The lowest BCUT2D eigenvalue weighted by atomic mass is 10.0. The average Bonchev–Trinajstić information content (AvgIpc) is 3.84. The summed E-state index contributed by atoms with van der Waals surface area (Å²) in [6.45, 7) is 0. The van der Waals surface area contributed by atoms with E-state index in [1.165, 1.54) is 57.5 Å². The van der Waals surface area contributed by atoms with Crippen molar-refractivity contribution in [3.63, 3.8) is 0 Å². The van der Waals surface area contributed by atoms with Crippen LogP contribution < -0.4 is 0 Å². The first kappa shape index (κ1) is 27.0. The minimum Gasteiger partial charge on any atom is -0.309 e. The van der Waals surface area contributed by atoms with E-state index in [9.17, 15) is 0 Å². The van der Waals surface area contributed by atoms with Crippen molar-refractivity contribution in [2.24, 2.45) is 0 Å². The zero-order chi connectivity index (χ0) is 32.1. The van der Waals surface area contributed by atoms with Gasteiger partial charge in [-0.3, -0.25) is 0 Å². The van der Waals surface area contributed by atoms with Crippen LogP contribution in [0.5, 0.6) is 0 Å². The Morgan fingerprint density at radius 1 is 0.490 bits per heavy atom. The maximum Gasteiger partial charge on any atom is 0.160 e. The van der Waals surface area contributed by atoms with Crippen molar-refractivity contribution < 1.29 is 0 Å². The van der Waals surface area contributed by atoms with Gasteiger partial charge in [-0.05, 0) is 54.6 Å². The summed E-state index contributed by atoms with van der Waals surface area (Å²) in [4.78, 5) is 16.1. The largest absolute Gasteiger partial charge is 0.309 e. The molecule has 11 rings (SSSR count). The Morgan fingerprint density at radius 2 is 1.18 bits per heavy atom. The van der Waals surface area contributed by atoms with E-state index in [0.29, 0.717) is 0 Å². The lowest BCUT2D eigenvalue weighted by molar-refractivity contribution is 1.18. The SMILES string of the molecule is c1ccc(-c2nc(-c3ccc(-n4c5ccccc5c5c6sc7ncccc7c6c6sc7ccccc7c6c54)cc3)nc3ccccc23)cc1. The van der Waals surface area contributed by atoms with Gasteiger partial charge >= 0.3 is 0 Å². The van der Waals surface area contributed by atoms with Crippen molar-refractivity contribution in [1.82, 2.24) is 19.5 Å². The van der Waals surface area contributed by atoms with E-state index in [2.05, 4.69) is 132 Å². The van der Waals surface area contributed by atoms with E-state index in [0.717, 1.165) is 44.1 Å². The molecule has 6 heteroatoms. The Hall–Kier alpha value is -5.95. The summed E-state index contributed by atoms with van der Waals surface area (Å²) in [7, 11) is 0. The highest BCUT2D eigenvalue weighted by Gasteiger charge is 2.24. The molecule has 11 aromatic rings. The quantitative estimate of drug-likeness (QED) is 0.189. The monoisotopic (exact) mass is 660 g/mol. The first-order valence-electron chi connectivity index (χ1n) is 16.3. The lowest BCUT2D eigenvalue weighted by Crippen LogP contribution is -1.97. The van der Waals surface area contributed by atoms with E-state index in [-0.39, 0.29) is 0 Å². The molecule has 4 nitrogen and oxygen atoms in total. The average molecular weight is 661 g/mol. The van der Waals surface area contributed by atoms with Gasteiger partial charge in [-0.15, -0.1) is 22.7 Å². The molecule has 0 saturated heterocycles. The molecule has 5 heterocycles. The second kappa shape index (κ2) is 10.3. The van der Waals surface area contributed by atoms with Gasteiger partial charge in [-0.2, -0.15) is 0 Å². The normalized spacial score (nSPS) is 12.1. The zero-order valence-corrected chi connectivity index (χ0v) is 27.6. The Morgan fingerprint density at radius 3 is 2.06 bits per heavy atom. The molecule has 0 N–H and O–H groups in total. The molecule has 0 radical (unpaired) electrons. The molecule has 0 atom stereocenters. The first-order chi connectivity index (χ1) is 24.3. The van der Waals surface area contributed by atoms with Crippen molar-refractivity contribution in [1.29, 1.82) is 0 Å². The van der Waals surface area contributed by atoms with Crippen LogP contribution >= 0.6 is 22.7 Å². The van der Waals surface area contributed by atoms with Crippen molar-refractivity contribution in [3.8, 4) is 28.3 Å². The van der Waals surface area contributed by atoms with Gasteiger partial charge in [-0.1, -0.05) is 84.9 Å². The zero-order valence-electron chi connectivity index (χ0n) is 26.0. The van der Waals surface area contributed by atoms with Gasteiger partial charge in [-0.25, -0.2) is 15.0 Å². The third kappa shape index (κ3) is 3.87. The Balaban J connectivity index is 1.20. The number of aromatic nitrogens is 4. The van der Waals surface area contributed by atoms with Gasteiger partial charge in [0.1, 0.15) is 4.83 Å². The third-order valence-corrected chi connectivity index (χ3v) is 12.0. The fraction of sp³-hybridized carbons (Fsp3) is 0. The molecule has 0 bridgehead atoms. The van der Waals surface area contributed by atoms with Crippen LogP contribution in [0.4, 0.5) is 0 Å². The summed E-state index contributed by atoms with van der Waals surface area (Å²) in [6.07, 6.45) is 1.91. The van der Waals surface area contributed by atoms with Gasteiger partial charge < -0.3 is 4.57 Å². The fourth-order valence-electron chi connectivity index (χ4n) is 7.55. The molecule has 0 fully saturated rings. The van der Waals surface area contributed by atoms with Crippen LogP contribution in [0.1, 0.15) is 0 Å². The van der Waals surface area contributed by atoms with Crippen LogP contribution in [0.2, 0.25) is 0 Å². The van der Waals surface area contributed by atoms with Crippen LogP contribution in [0.3, 0.4) is 0 Å². The Bertz CT molecular complexity index is 3070. The predicted octanol–water partition coefficient (Wildman–Crippen LogP) is 12.2. The summed E-state index contributed by atoms with van der Waals surface area (Å²) < 4.78 is 6.38. The Kier molecular flexibility index (Phi) is 5.67. The molecule has 228 valence electrons. The minimum absolute atomic E-state index is 0.719. The molecular formula is C43H24N4S2. The van der Waals surface area contributed by atoms with Gasteiger partial charge in [0.25, 0.3) is 0 Å². The topological polar surface area (TPSA) is 43.6 Å². The highest BCUT2D eigenvalue weighted by Crippen LogP contribution is 2.51. The minimum atomic E-state index is 0.719. The highest BCUT2D eigenvalue weighted by molar-refractivity contribution is 7.30. The van der Waals surface area contributed by atoms with E-state index in [1.54, 1.807) is 11.3 Å². The van der Waals surface area contributed by atoms with Gasteiger partial charge in [0.05, 0.1) is 22.2 Å². The number of hydrogen-bond donors (Lipinski definition) is 0. The second-order valence-corrected chi connectivity index (χ2v) is 14.4.